The van der Waals surface area contributed by atoms with Crippen LogP contribution in [0, 0.1) is 11.3 Å². The number of benzene rings is 1. The van der Waals surface area contributed by atoms with Gasteiger partial charge < -0.3 is 19.3 Å². The highest BCUT2D eigenvalue weighted by Gasteiger charge is 2.35. The first kappa shape index (κ1) is 24.9. The van der Waals surface area contributed by atoms with Gasteiger partial charge in [-0.1, -0.05) is 0 Å². The average Bonchev–Trinajstić information content (AvgIpc) is 3.22. The molecule has 1 fully saturated rings. The summed E-state index contributed by atoms with van der Waals surface area (Å²) in [5.41, 5.74) is 0.699. The van der Waals surface area contributed by atoms with Crippen LogP contribution in [0.5, 0.6) is 5.75 Å². The fourth-order valence-electron chi connectivity index (χ4n) is 4.24. The first-order valence-corrected chi connectivity index (χ1v) is 11.4. The standard InChI is InChI=1S/C24H27F3N6O2/c1-31-16-29-23-20(15-28)30-19(14-21(23)31)17-3-4-22(18(13-17)24(25,26)27)35-12-2-5-32-6-8-33(9-7-32)10-11-34/h3-4,13-14,16,34H,2,5-12H2,1H3. The maximum Gasteiger partial charge on any atom is 0.419 e. The molecule has 1 saturated heterocycles. The zero-order valence-corrected chi connectivity index (χ0v) is 19.4. The van der Waals surface area contributed by atoms with E-state index in [0.717, 1.165) is 38.8 Å². The number of aryl methyl sites for hydroxylation is 1. The number of aromatic nitrogens is 3. The van der Waals surface area contributed by atoms with Crippen molar-refractivity contribution in [2.45, 2.75) is 12.6 Å². The lowest BCUT2D eigenvalue weighted by atomic mass is 10.1. The van der Waals surface area contributed by atoms with Crippen molar-refractivity contribution in [3.63, 3.8) is 0 Å². The molecule has 1 aliphatic rings. The molecule has 0 aliphatic carbocycles. The van der Waals surface area contributed by atoms with Gasteiger partial charge in [0.15, 0.2) is 5.69 Å². The molecule has 1 aromatic carbocycles. The number of halogens is 3. The number of hydrogen-bond acceptors (Lipinski definition) is 7. The molecule has 0 spiro atoms. The lowest BCUT2D eigenvalue weighted by molar-refractivity contribution is -0.138. The van der Waals surface area contributed by atoms with E-state index in [1.54, 1.807) is 17.7 Å². The van der Waals surface area contributed by atoms with Gasteiger partial charge in [0.05, 0.1) is 36.3 Å². The molecule has 0 unspecified atom stereocenters. The van der Waals surface area contributed by atoms with Crippen molar-refractivity contribution in [2.75, 3.05) is 52.5 Å². The van der Waals surface area contributed by atoms with Crippen LogP contribution in [0.25, 0.3) is 22.3 Å². The SMILES string of the molecule is Cn1cnc2c(C#N)nc(-c3ccc(OCCCN4CCN(CCO)CC4)c(C(F)(F)F)c3)cc21. The fraction of sp³-hybridized carbons (Fsp3) is 0.458. The maximum atomic E-state index is 13.9. The van der Waals surface area contributed by atoms with Crippen LogP contribution >= 0.6 is 0 Å². The highest BCUT2D eigenvalue weighted by molar-refractivity contribution is 5.84. The van der Waals surface area contributed by atoms with Gasteiger partial charge in [-0.2, -0.15) is 18.4 Å². The highest BCUT2D eigenvalue weighted by Crippen LogP contribution is 2.39. The Morgan fingerprint density at radius 3 is 2.49 bits per heavy atom. The second kappa shape index (κ2) is 10.6. The van der Waals surface area contributed by atoms with Crippen LogP contribution in [0.1, 0.15) is 17.7 Å². The van der Waals surface area contributed by atoms with Gasteiger partial charge in [-0.05, 0) is 30.7 Å². The van der Waals surface area contributed by atoms with Crippen molar-refractivity contribution in [3.05, 3.63) is 41.9 Å². The molecule has 3 heterocycles. The minimum atomic E-state index is -4.61. The van der Waals surface area contributed by atoms with Crippen LogP contribution in [0.15, 0.2) is 30.6 Å². The second-order valence-corrected chi connectivity index (χ2v) is 8.51. The molecular formula is C24H27F3N6O2. The summed E-state index contributed by atoms with van der Waals surface area (Å²) in [7, 11) is 1.74. The van der Waals surface area contributed by atoms with Crippen LogP contribution in [0.4, 0.5) is 13.2 Å². The number of ether oxygens (including phenoxy) is 1. The third-order valence-corrected chi connectivity index (χ3v) is 6.16. The van der Waals surface area contributed by atoms with Crippen LogP contribution < -0.4 is 4.74 Å². The van der Waals surface area contributed by atoms with Crippen LogP contribution in [-0.2, 0) is 13.2 Å². The Balaban J connectivity index is 1.46. The number of hydrogen-bond donors (Lipinski definition) is 1. The van der Waals surface area contributed by atoms with E-state index in [4.69, 9.17) is 9.84 Å². The summed E-state index contributed by atoms with van der Waals surface area (Å²) in [4.78, 5) is 12.8. The Morgan fingerprint density at radius 2 is 1.83 bits per heavy atom. The summed E-state index contributed by atoms with van der Waals surface area (Å²) < 4.78 is 48.8. The van der Waals surface area contributed by atoms with Crippen LogP contribution in [0.3, 0.4) is 0 Å². The smallest absolute Gasteiger partial charge is 0.419 e. The van der Waals surface area contributed by atoms with E-state index in [9.17, 15) is 18.4 Å². The summed E-state index contributed by atoms with van der Waals surface area (Å²) in [6, 6.07) is 7.44. The molecule has 3 aromatic rings. The zero-order valence-electron chi connectivity index (χ0n) is 19.4. The number of pyridine rings is 1. The molecule has 186 valence electrons. The predicted octanol–water partition coefficient (Wildman–Crippen LogP) is 2.90. The van der Waals surface area contributed by atoms with Crippen molar-refractivity contribution < 1.29 is 23.0 Å². The molecule has 4 rings (SSSR count). The van der Waals surface area contributed by atoms with Crippen molar-refractivity contribution in [3.8, 4) is 23.1 Å². The van der Waals surface area contributed by atoms with E-state index < -0.39 is 11.7 Å². The summed E-state index contributed by atoms with van der Waals surface area (Å²) in [5.74, 6) is -0.226. The number of nitriles is 1. The molecule has 0 amide bonds. The normalized spacial score (nSPS) is 15.4. The number of imidazole rings is 1. The van der Waals surface area contributed by atoms with Crippen molar-refractivity contribution in [1.82, 2.24) is 24.3 Å². The molecule has 11 heteroatoms. The van der Waals surface area contributed by atoms with E-state index >= 15 is 0 Å². The van der Waals surface area contributed by atoms with Crippen molar-refractivity contribution >= 4 is 11.0 Å². The van der Waals surface area contributed by atoms with E-state index in [0.29, 0.717) is 24.0 Å². The Morgan fingerprint density at radius 1 is 1.11 bits per heavy atom. The highest BCUT2D eigenvalue weighted by atomic mass is 19.4. The number of aliphatic hydroxyl groups excluding tert-OH is 1. The molecule has 0 atom stereocenters. The Hall–Kier alpha value is -3.20. The van der Waals surface area contributed by atoms with Gasteiger partial charge in [0, 0.05) is 51.9 Å². The van der Waals surface area contributed by atoms with E-state index in [1.165, 1.54) is 18.5 Å². The van der Waals surface area contributed by atoms with Crippen LogP contribution in [0.2, 0.25) is 0 Å². The van der Waals surface area contributed by atoms with Crippen molar-refractivity contribution in [1.29, 1.82) is 5.26 Å². The predicted molar refractivity (Wildman–Crippen MR) is 124 cm³/mol. The summed E-state index contributed by atoms with van der Waals surface area (Å²) in [6.45, 7) is 5.16. The van der Waals surface area contributed by atoms with Gasteiger partial charge in [0.1, 0.15) is 17.3 Å². The number of piperazine rings is 1. The molecule has 8 nitrogen and oxygen atoms in total. The summed E-state index contributed by atoms with van der Waals surface area (Å²) in [5, 5.41) is 18.4. The van der Waals surface area contributed by atoms with Gasteiger partial charge in [0.25, 0.3) is 0 Å². The third kappa shape index (κ3) is 5.73. The number of nitrogens with zero attached hydrogens (tertiary/aromatic N) is 6. The topological polar surface area (TPSA) is 90.4 Å². The number of rotatable bonds is 8. The first-order valence-electron chi connectivity index (χ1n) is 11.4. The van der Waals surface area contributed by atoms with Crippen molar-refractivity contribution in [2.24, 2.45) is 7.05 Å². The Bertz CT molecular complexity index is 1210. The first-order chi connectivity index (χ1) is 16.8. The third-order valence-electron chi connectivity index (χ3n) is 6.16. The summed E-state index contributed by atoms with van der Waals surface area (Å²) >= 11 is 0. The van der Waals surface area contributed by atoms with Gasteiger partial charge in [0.2, 0.25) is 0 Å². The second-order valence-electron chi connectivity index (χ2n) is 8.51. The van der Waals surface area contributed by atoms with Gasteiger partial charge >= 0.3 is 6.18 Å². The number of alkyl halides is 3. The maximum absolute atomic E-state index is 13.9. The largest absolute Gasteiger partial charge is 0.493 e. The molecule has 2 aromatic heterocycles. The summed E-state index contributed by atoms with van der Waals surface area (Å²) in [6.07, 6.45) is -2.48. The molecule has 0 radical (unpaired) electrons. The monoisotopic (exact) mass is 488 g/mol. The minimum Gasteiger partial charge on any atom is -0.493 e. The zero-order chi connectivity index (χ0) is 25.0. The number of β-amino-alcohol motifs (C(OH)–C–C–N with tert-alkyl or cyclic N) is 1. The lowest BCUT2D eigenvalue weighted by Gasteiger charge is -2.34. The molecule has 1 aliphatic heterocycles. The molecule has 35 heavy (non-hydrogen) atoms. The lowest BCUT2D eigenvalue weighted by Crippen LogP contribution is -2.47. The average molecular weight is 489 g/mol. The molecule has 0 saturated carbocycles. The van der Waals surface area contributed by atoms with Crippen LogP contribution in [-0.4, -0.2) is 81.9 Å². The van der Waals surface area contributed by atoms with Gasteiger partial charge in [-0.15, -0.1) is 0 Å². The Kier molecular flexibility index (Phi) is 7.54. The number of fused-ring (bicyclic) bond motifs is 1. The molecule has 1 N–H and O–H groups in total. The van der Waals surface area contributed by atoms with E-state index in [2.05, 4.69) is 19.8 Å². The quantitative estimate of drug-likeness (QED) is 0.488. The van der Waals surface area contributed by atoms with Gasteiger partial charge in [-0.25, -0.2) is 9.97 Å². The van der Waals surface area contributed by atoms with Gasteiger partial charge in [-0.3, -0.25) is 4.90 Å². The number of aliphatic hydroxyl groups is 1. The Labute approximate surface area is 201 Å². The minimum absolute atomic E-state index is 0.0594. The fourth-order valence-corrected chi connectivity index (χ4v) is 4.24. The van der Waals surface area contributed by atoms with E-state index in [-0.39, 0.29) is 35.9 Å². The van der Waals surface area contributed by atoms with E-state index in [1.807, 2.05) is 6.07 Å². The molecule has 0 bridgehead atoms. The molecular weight excluding hydrogens is 461 g/mol.